The molecule has 0 saturated carbocycles. The van der Waals surface area contributed by atoms with Crippen LogP contribution in [0.4, 0.5) is 13.2 Å². The van der Waals surface area contributed by atoms with Gasteiger partial charge in [-0.05, 0) is 42.3 Å². The Morgan fingerprint density at radius 2 is 1.95 bits per heavy atom. The van der Waals surface area contributed by atoms with Crippen LogP contribution in [0.15, 0.2) is 59.8 Å². The zero-order valence-electron chi connectivity index (χ0n) is 19.9. The smallest absolute Gasteiger partial charge is 0.355 e. The lowest BCUT2D eigenvalue weighted by atomic mass is 10.0. The lowest BCUT2D eigenvalue weighted by Gasteiger charge is -2.17. The first-order valence-corrected chi connectivity index (χ1v) is 12.5. The number of rotatable bonds is 7. The second kappa shape index (κ2) is 10.1. The average molecular weight is 551 g/mol. The van der Waals surface area contributed by atoms with E-state index in [0.29, 0.717) is 15.8 Å². The Balaban J connectivity index is 1.73. The maximum atomic E-state index is 13.6. The molecule has 3 N–H and O–H groups in total. The van der Waals surface area contributed by atoms with Gasteiger partial charge in [-0.2, -0.15) is 18.3 Å². The summed E-state index contributed by atoms with van der Waals surface area (Å²) < 4.78 is 58.0. The molecule has 2 aromatic carbocycles. The van der Waals surface area contributed by atoms with Crippen molar-refractivity contribution in [1.29, 1.82) is 0 Å². The molecule has 4 aromatic rings. The van der Waals surface area contributed by atoms with E-state index in [1.165, 1.54) is 36.1 Å². The van der Waals surface area contributed by atoms with Crippen LogP contribution in [-0.2, 0) is 22.0 Å². The summed E-state index contributed by atoms with van der Waals surface area (Å²) in [6, 6.07) is 10.1. The highest BCUT2D eigenvalue weighted by Gasteiger charge is 2.38. The lowest BCUT2D eigenvalue weighted by molar-refractivity contribution is -0.141. The molecule has 1 amide bonds. The number of carbonyl (C=O) groups is 1. The van der Waals surface area contributed by atoms with Gasteiger partial charge in [0.2, 0.25) is 0 Å². The van der Waals surface area contributed by atoms with E-state index < -0.39 is 38.0 Å². The largest absolute Gasteiger partial charge is 0.471 e. The maximum absolute atomic E-state index is 13.6. The van der Waals surface area contributed by atoms with E-state index in [2.05, 4.69) is 19.9 Å². The fourth-order valence-electron chi connectivity index (χ4n) is 3.87. The Kier molecular flexibility index (Phi) is 7.26. The Labute approximate surface area is 212 Å². The van der Waals surface area contributed by atoms with Crippen molar-refractivity contribution in [3.63, 3.8) is 0 Å². The number of benzene rings is 2. The quantitative estimate of drug-likeness (QED) is 0.296. The first kappa shape index (κ1) is 27.2. The van der Waals surface area contributed by atoms with Gasteiger partial charge in [-0.15, -0.1) is 0 Å². The summed E-state index contributed by atoms with van der Waals surface area (Å²) in [7, 11) is -3.44. The summed E-state index contributed by atoms with van der Waals surface area (Å²) in [5.41, 5.74) is -0.892. The third-order valence-electron chi connectivity index (χ3n) is 5.76. The van der Waals surface area contributed by atoms with Crippen molar-refractivity contribution < 1.29 is 36.8 Å². The van der Waals surface area contributed by atoms with E-state index in [0.717, 1.165) is 6.20 Å². The molecule has 0 radical (unpaired) electrons. The Morgan fingerprint density at radius 3 is 2.61 bits per heavy atom. The molecule has 1 atom stereocenters. The van der Waals surface area contributed by atoms with Crippen molar-refractivity contribution in [3.8, 4) is 11.1 Å². The number of hydrogen-bond donors (Lipinski definition) is 3. The van der Waals surface area contributed by atoms with E-state index in [9.17, 15) is 27.3 Å². The lowest BCUT2D eigenvalue weighted by Crippen LogP contribution is -2.25. The predicted molar refractivity (Wildman–Crippen MR) is 129 cm³/mol. The molecule has 0 aliphatic heterocycles. The highest BCUT2D eigenvalue weighted by atomic mass is 31.2. The number of alkyl halides is 3. The van der Waals surface area contributed by atoms with Crippen LogP contribution in [0.3, 0.4) is 0 Å². The number of nitrogens with one attached hydrogen (secondary N) is 1. The van der Waals surface area contributed by atoms with Gasteiger partial charge in [0.25, 0.3) is 11.5 Å². The summed E-state index contributed by atoms with van der Waals surface area (Å²) in [5, 5.41) is 6.04. The fourth-order valence-corrected chi connectivity index (χ4v) is 4.13. The van der Waals surface area contributed by atoms with E-state index in [1.807, 2.05) is 0 Å². The van der Waals surface area contributed by atoms with Crippen LogP contribution < -0.4 is 10.9 Å². The van der Waals surface area contributed by atoms with Crippen LogP contribution in [0.1, 0.15) is 34.6 Å². The molecule has 4 rings (SSSR count). The van der Waals surface area contributed by atoms with Gasteiger partial charge in [0.1, 0.15) is 0 Å². The normalized spacial score (nSPS) is 13.0. The maximum Gasteiger partial charge on any atom is 0.471 e. The highest BCUT2D eigenvalue weighted by molar-refractivity contribution is 7.46. The Hall–Kier alpha value is -3.84. The zero-order chi connectivity index (χ0) is 27.8. The van der Waals surface area contributed by atoms with Crippen molar-refractivity contribution in [2.24, 2.45) is 0 Å². The van der Waals surface area contributed by atoms with Crippen molar-refractivity contribution in [1.82, 2.24) is 24.6 Å². The summed E-state index contributed by atoms with van der Waals surface area (Å²) in [6.07, 6.45) is -2.68. The number of aromatic nitrogens is 4. The van der Waals surface area contributed by atoms with Crippen LogP contribution in [0.2, 0.25) is 0 Å². The third kappa shape index (κ3) is 5.68. The van der Waals surface area contributed by atoms with Gasteiger partial charge in [-0.25, -0.2) is 14.2 Å². The summed E-state index contributed by atoms with van der Waals surface area (Å²) in [4.78, 5) is 47.1. The minimum absolute atomic E-state index is 0.0308. The van der Waals surface area contributed by atoms with E-state index in [1.54, 1.807) is 31.2 Å². The average Bonchev–Trinajstić information content (AvgIpc) is 3.32. The first-order chi connectivity index (χ1) is 17.8. The molecule has 0 aliphatic carbocycles. The fraction of sp³-hybridized carbons (Fsp3) is 0.217. The van der Waals surface area contributed by atoms with Crippen LogP contribution in [-0.4, -0.2) is 42.1 Å². The minimum atomic E-state index is -4.94. The molecule has 0 saturated heterocycles. The molecule has 0 spiro atoms. The van der Waals surface area contributed by atoms with Gasteiger partial charge in [0, 0.05) is 24.4 Å². The van der Waals surface area contributed by atoms with E-state index >= 15 is 0 Å². The number of carbonyl (C=O) groups excluding carboxylic acids is 1. The molecular weight excluding hydrogens is 530 g/mol. The number of nitrogens with zero attached hydrogens (tertiary/aromatic N) is 4. The Morgan fingerprint density at radius 1 is 1.21 bits per heavy atom. The summed E-state index contributed by atoms with van der Waals surface area (Å²) in [6.45, 7) is 0.832. The van der Waals surface area contributed by atoms with Crippen LogP contribution in [0, 0.1) is 0 Å². The van der Waals surface area contributed by atoms with Gasteiger partial charge >= 0.3 is 14.0 Å². The molecule has 0 aliphatic rings. The summed E-state index contributed by atoms with van der Waals surface area (Å²) >= 11 is 0. The SMILES string of the molecule is CNC(=O)c1cccc([C@@H](C)n2cnc3cc(-c4cn(COP(=O)(O)O)nc4C(F)(F)F)ccc3c2=O)c1. The van der Waals surface area contributed by atoms with Crippen molar-refractivity contribution in [2.75, 3.05) is 7.05 Å². The number of amides is 1. The van der Waals surface area contributed by atoms with Crippen LogP contribution in [0.25, 0.3) is 22.0 Å². The number of halogens is 3. The molecule has 11 nitrogen and oxygen atoms in total. The van der Waals surface area contributed by atoms with E-state index in [-0.39, 0.29) is 27.9 Å². The first-order valence-electron chi connectivity index (χ1n) is 11.0. The van der Waals surface area contributed by atoms with E-state index in [4.69, 9.17) is 9.79 Å². The van der Waals surface area contributed by atoms with Crippen LogP contribution in [0.5, 0.6) is 0 Å². The van der Waals surface area contributed by atoms with Gasteiger partial charge in [-0.1, -0.05) is 18.2 Å². The number of phosphoric acid groups is 1. The zero-order valence-corrected chi connectivity index (χ0v) is 20.8. The molecule has 2 aromatic heterocycles. The second-order valence-corrected chi connectivity index (χ2v) is 9.49. The molecule has 200 valence electrons. The standard InChI is InChI=1S/C23H21F3N5O6P/c1-13(14-4-3-5-16(8-14)21(32)27-2)31-11-28-19-9-15(6-7-17(19)22(31)33)18-10-30(12-37-38(34,35)36)29-20(18)23(24,25)26/h3-11,13H,12H2,1-2H3,(H,27,32)(H2,34,35,36)/t13-/m1/s1. The molecule has 38 heavy (non-hydrogen) atoms. The topological polar surface area (TPSA) is 149 Å². The molecule has 15 heteroatoms. The second-order valence-electron chi connectivity index (χ2n) is 8.25. The van der Waals surface area contributed by atoms with Gasteiger partial charge in [-0.3, -0.25) is 18.7 Å². The molecule has 0 bridgehead atoms. The predicted octanol–water partition coefficient (Wildman–Crippen LogP) is 3.31. The highest BCUT2D eigenvalue weighted by Crippen LogP contribution is 2.39. The van der Waals surface area contributed by atoms with Crippen molar-refractivity contribution >= 4 is 24.6 Å². The Bertz CT molecular complexity index is 1630. The van der Waals surface area contributed by atoms with Gasteiger partial charge in [0.05, 0.1) is 23.3 Å². The monoisotopic (exact) mass is 551 g/mol. The minimum Gasteiger partial charge on any atom is -0.355 e. The number of fused-ring (bicyclic) bond motifs is 1. The molecular formula is C23H21F3N5O6P. The van der Waals surface area contributed by atoms with Crippen molar-refractivity contribution in [3.05, 3.63) is 82.2 Å². The van der Waals surface area contributed by atoms with Crippen molar-refractivity contribution in [2.45, 2.75) is 25.9 Å². The number of hydrogen-bond acceptors (Lipinski definition) is 6. The summed E-state index contributed by atoms with van der Waals surface area (Å²) in [5.74, 6) is -0.287. The third-order valence-corrected chi connectivity index (χ3v) is 6.21. The molecule has 0 fully saturated rings. The molecule has 2 heterocycles. The van der Waals surface area contributed by atoms with Gasteiger partial charge in [0.15, 0.2) is 12.4 Å². The van der Waals surface area contributed by atoms with Gasteiger partial charge < -0.3 is 15.1 Å². The number of phosphoric ester groups is 1. The van der Waals surface area contributed by atoms with Crippen LogP contribution >= 0.6 is 7.82 Å². The molecule has 0 unspecified atom stereocenters.